The molecule has 0 bridgehead atoms. The van der Waals surface area contributed by atoms with Gasteiger partial charge in [0.05, 0.1) is 24.7 Å². The lowest BCUT2D eigenvalue weighted by Gasteiger charge is -2.29. The summed E-state index contributed by atoms with van der Waals surface area (Å²) in [5, 5.41) is 5.96. The second-order valence-corrected chi connectivity index (χ2v) is 26.3. The van der Waals surface area contributed by atoms with Crippen LogP contribution in [0.5, 0.6) is 0 Å². The number of para-hydroxylation sites is 1. The van der Waals surface area contributed by atoms with Gasteiger partial charge in [-0.3, -0.25) is 9.78 Å². The van der Waals surface area contributed by atoms with E-state index in [-0.39, 0.29) is 17.8 Å². The van der Waals surface area contributed by atoms with Gasteiger partial charge in [-0.1, -0.05) is 57.5 Å². The molecule has 1 saturated carbocycles. The van der Waals surface area contributed by atoms with Crippen molar-refractivity contribution >= 4 is 44.5 Å². The van der Waals surface area contributed by atoms with Gasteiger partial charge in [0.2, 0.25) is 0 Å². The number of pyridine rings is 1. The molecule has 0 saturated heterocycles. The second kappa shape index (κ2) is 14.7. The highest BCUT2D eigenvalue weighted by molar-refractivity contribution is 6.76. The topological polar surface area (TPSA) is 91.1 Å². The first-order valence-electron chi connectivity index (χ1n) is 16.6. The van der Waals surface area contributed by atoms with E-state index >= 15 is 0 Å². The maximum atomic E-state index is 12.3. The van der Waals surface area contributed by atoms with Crippen molar-refractivity contribution in [3.63, 3.8) is 0 Å². The number of hydrogen-bond donors (Lipinski definition) is 0. The fraction of sp³-hybridized carbons (Fsp3) is 0.543. The Morgan fingerprint density at radius 1 is 0.913 bits per heavy atom. The van der Waals surface area contributed by atoms with Crippen LogP contribution in [0.15, 0.2) is 48.8 Å². The Labute approximate surface area is 275 Å². The number of carbonyl (C=O) groups is 1. The third-order valence-corrected chi connectivity index (χ3v) is 12.3. The number of benzene rings is 1. The highest BCUT2D eigenvalue weighted by Gasteiger charge is 2.30. The van der Waals surface area contributed by atoms with Crippen molar-refractivity contribution in [2.75, 3.05) is 38.7 Å². The Balaban J connectivity index is 1.53. The molecule has 46 heavy (non-hydrogen) atoms. The lowest BCUT2D eigenvalue weighted by atomic mass is 9.80. The number of methoxy groups -OCH3 is 1. The van der Waals surface area contributed by atoms with Crippen molar-refractivity contribution in [2.24, 2.45) is 5.92 Å². The SMILES string of the molecule is COC(=O)[C@H]1CC[C@H](c2cc(N(COCC[Si](C)(C)C)COCC[Si](C)(C)C)n3ncc(-c4cnc5ccccc5c4)c3n2)CC1. The van der Waals surface area contributed by atoms with Gasteiger partial charge in [-0.15, -0.1) is 0 Å². The average molecular weight is 662 g/mol. The van der Waals surface area contributed by atoms with Crippen LogP contribution in [0.1, 0.15) is 37.3 Å². The van der Waals surface area contributed by atoms with Gasteiger partial charge in [-0.05, 0) is 49.9 Å². The average Bonchev–Trinajstić information content (AvgIpc) is 3.46. The van der Waals surface area contributed by atoms with Crippen LogP contribution >= 0.6 is 0 Å². The van der Waals surface area contributed by atoms with E-state index in [1.165, 1.54) is 7.11 Å². The minimum atomic E-state index is -1.24. The van der Waals surface area contributed by atoms with Gasteiger partial charge in [-0.25, -0.2) is 4.98 Å². The third kappa shape index (κ3) is 8.81. The van der Waals surface area contributed by atoms with Crippen molar-refractivity contribution in [3.05, 3.63) is 54.5 Å². The van der Waals surface area contributed by atoms with E-state index in [4.69, 9.17) is 29.3 Å². The van der Waals surface area contributed by atoms with Gasteiger partial charge in [0.1, 0.15) is 19.3 Å². The molecule has 0 atom stereocenters. The number of ether oxygens (including phenoxy) is 3. The van der Waals surface area contributed by atoms with Crippen molar-refractivity contribution in [3.8, 4) is 11.1 Å². The summed E-state index contributed by atoms with van der Waals surface area (Å²) in [6.07, 6.45) is 7.15. The molecule has 1 aliphatic carbocycles. The van der Waals surface area contributed by atoms with E-state index in [0.29, 0.717) is 26.7 Å². The third-order valence-electron chi connectivity index (χ3n) is 8.87. The quantitative estimate of drug-likeness (QED) is 0.0585. The van der Waals surface area contributed by atoms with E-state index in [1.807, 2.05) is 35.1 Å². The van der Waals surface area contributed by atoms with Crippen LogP contribution in [0.2, 0.25) is 51.4 Å². The van der Waals surface area contributed by atoms with Gasteiger partial charge >= 0.3 is 5.97 Å². The van der Waals surface area contributed by atoms with Gasteiger partial charge in [0.25, 0.3) is 0 Å². The second-order valence-electron chi connectivity index (χ2n) is 15.1. The Morgan fingerprint density at radius 2 is 1.57 bits per heavy atom. The van der Waals surface area contributed by atoms with Gasteiger partial charge < -0.3 is 19.1 Å². The molecule has 0 amide bonds. The predicted molar refractivity (Wildman–Crippen MR) is 191 cm³/mol. The molecule has 3 aromatic heterocycles. The van der Waals surface area contributed by atoms with Crippen LogP contribution in [0.4, 0.5) is 5.82 Å². The number of hydrogen-bond acceptors (Lipinski definition) is 8. The zero-order valence-corrected chi connectivity index (χ0v) is 30.7. The summed E-state index contributed by atoms with van der Waals surface area (Å²) in [6, 6.07) is 14.7. The first-order valence-corrected chi connectivity index (χ1v) is 24.1. The molecule has 0 unspecified atom stereocenters. The zero-order chi connectivity index (χ0) is 32.9. The number of carbonyl (C=O) groups excluding carboxylic acids is 1. The zero-order valence-electron chi connectivity index (χ0n) is 28.7. The number of esters is 1. The summed E-state index contributed by atoms with van der Waals surface area (Å²) in [5.41, 5.74) is 4.66. The molecule has 0 radical (unpaired) electrons. The molecule has 3 heterocycles. The molecule has 1 aliphatic rings. The van der Waals surface area contributed by atoms with Crippen LogP contribution in [-0.2, 0) is 19.0 Å². The van der Waals surface area contributed by atoms with Crippen molar-refractivity contribution < 1.29 is 19.0 Å². The van der Waals surface area contributed by atoms with E-state index in [2.05, 4.69) is 62.4 Å². The van der Waals surface area contributed by atoms with Crippen LogP contribution in [-0.4, -0.2) is 75.5 Å². The smallest absolute Gasteiger partial charge is 0.308 e. The predicted octanol–water partition coefficient (Wildman–Crippen LogP) is 7.82. The normalized spacial score (nSPS) is 17.5. The molecule has 9 nitrogen and oxygen atoms in total. The Kier molecular flexibility index (Phi) is 11.0. The van der Waals surface area contributed by atoms with Crippen LogP contribution in [0.3, 0.4) is 0 Å². The molecular formula is C35H51N5O4Si2. The van der Waals surface area contributed by atoms with Crippen molar-refractivity contribution in [1.29, 1.82) is 0 Å². The number of anilines is 1. The van der Waals surface area contributed by atoms with Crippen LogP contribution < -0.4 is 4.90 Å². The molecular weight excluding hydrogens is 611 g/mol. The lowest BCUT2D eigenvalue weighted by molar-refractivity contribution is -0.146. The minimum Gasteiger partial charge on any atom is -0.469 e. The van der Waals surface area contributed by atoms with E-state index in [1.54, 1.807) is 0 Å². The monoisotopic (exact) mass is 661 g/mol. The standard InChI is InChI=1S/C35H51N5O4Si2/c1-42-35(41)27-14-12-26(13-15-27)32-21-33(39(24-43-16-18-45(2,3)4)25-44-17-19-46(5,6)7)40-34(38-32)30(23-37-40)29-20-28-10-8-9-11-31(28)36-22-29/h8-11,20-23,26-27H,12-19,24-25H2,1-7H3/t26-,27-. The van der Waals surface area contributed by atoms with E-state index in [0.717, 1.165) is 77.0 Å². The summed E-state index contributed by atoms with van der Waals surface area (Å²) in [4.78, 5) is 24.4. The first-order chi connectivity index (χ1) is 21.9. The largest absolute Gasteiger partial charge is 0.469 e. The van der Waals surface area contributed by atoms with Crippen LogP contribution in [0.25, 0.3) is 27.7 Å². The molecule has 0 aliphatic heterocycles. The molecule has 248 valence electrons. The summed E-state index contributed by atoms with van der Waals surface area (Å²) in [6.45, 7) is 16.4. The van der Waals surface area contributed by atoms with Gasteiger partial charge in [0.15, 0.2) is 5.65 Å². The molecule has 5 rings (SSSR count). The number of aromatic nitrogens is 4. The summed E-state index contributed by atoms with van der Waals surface area (Å²) in [7, 11) is -1.01. The molecule has 11 heteroatoms. The Hall–Kier alpha value is -3.13. The van der Waals surface area contributed by atoms with Crippen molar-refractivity contribution in [1.82, 2.24) is 19.6 Å². The minimum absolute atomic E-state index is 0.0466. The molecule has 1 aromatic carbocycles. The summed E-state index contributed by atoms with van der Waals surface area (Å²) >= 11 is 0. The summed E-state index contributed by atoms with van der Waals surface area (Å²) < 4.78 is 19.6. The maximum Gasteiger partial charge on any atom is 0.308 e. The molecule has 0 spiro atoms. The fourth-order valence-corrected chi connectivity index (χ4v) is 7.40. The summed E-state index contributed by atoms with van der Waals surface area (Å²) in [5.74, 6) is 0.969. The molecule has 1 fully saturated rings. The highest BCUT2D eigenvalue weighted by atomic mass is 28.3. The molecule has 0 N–H and O–H groups in total. The Morgan fingerprint density at radius 3 is 2.20 bits per heavy atom. The first kappa shape index (κ1) is 34.2. The van der Waals surface area contributed by atoms with E-state index in [9.17, 15) is 4.79 Å². The van der Waals surface area contributed by atoms with Crippen molar-refractivity contribution in [2.45, 2.75) is 83.0 Å². The van der Waals surface area contributed by atoms with Gasteiger partial charge in [-0.2, -0.15) is 9.61 Å². The number of rotatable bonds is 14. The fourth-order valence-electron chi connectivity index (χ4n) is 5.89. The van der Waals surface area contributed by atoms with Gasteiger partial charge in [0, 0.05) is 69.7 Å². The lowest BCUT2D eigenvalue weighted by Crippen LogP contribution is -2.33. The Bertz CT molecular complexity index is 1600. The maximum absolute atomic E-state index is 12.3. The molecule has 4 aromatic rings. The number of fused-ring (bicyclic) bond motifs is 2. The van der Waals surface area contributed by atoms with E-state index < -0.39 is 16.1 Å². The highest BCUT2D eigenvalue weighted by Crippen LogP contribution is 2.38. The van der Waals surface area contributed by atoms with Crippen LogP contribution in [0, 0.1) is 5.92 Å². The number of nitrogens with zero attached hydrogens (tertiary/aromatic N) is 5.